The van der Waals surface area contributed by atoms with Gasteiger partial charge in [-0.1, -0.05) is 0 Å². The quantitative estimate of drug-likeness (QED) is 0.813. The van der Waals surface area contributed by atoms with Crippen LogP contribution in [0.15, 0.2) is 4.60 Å². The molecule has 2 heterocycles. The summed E-state index contributed by atoms with van der Waals surface area (Å²) in [6.45, 7) is 3.74. The van der Waals surface area contributed by atoms with E-state index >= 15 is 0 Å². The molecule has 1 aliphatic heterocycles. The number of rotatable bonds is 2. The highest BCUT2D eigenvalue weighted by Gasteiger charge is 2.26. The summed E-state index contributed by atoms with van der Waals surface area (Å²) in [5.41, 5.74) is 0.490. The fourth-order valence-corrected chi connectivity index (χ4v) is 1.98. The molecule has 0 atom stereocenters. The summed E-state index contributed by atoms with van der Waals surface area (Å²) in [6.07, 6.45) is 0. The molecule has 76 valence electrons. The lowest BCUT2D eigenvalue weighted by Crippen LogP contribution is -2.07. The van der Waals surface area contributed by atoms with Gasteiger partial charge in [0.05, 0.1) is 13.2 Å². The molecule has 2 rings (SSSR count). The molecule has 0 aromatic carbocycles. The summed E-state index contributed by atoms with van der Waals surface area (Å²) in [4.78, 5) is 11.5. The summed E-state index contributed by atoms with van der Waals surface area (Å²) in [6, 6.07) is 0. The third-order valence-corrected chi connectivity index (χ3v) is 2.56. The van der Waals surface area contributed by atoms with Gasteiger partial charge in [0, 0.05) is 6.54 Å². The molecule has 0 aliphatic carbocycles. The SMILES string of the molecule is CCOC(=O)c1c(Br)nn2c1NCC2. The molecule has 5 nitrogen and oxygen atoms in total. The lowest BCUT2D eigenvalue weighted by atomic mass is 10.3. The minimum atomic E-state index is -0.338. The van der Waals surface area contributed by atoms with Gasteiger partial charge in [-0.3, -0.25) is 0 Å². The lowest BCUT2D eigenvalue weighted by Gasteiger charge is -2.01. The Bertz CT molecular complexity index is 375. The first-order chi connectivity index (χ1) is 6.74. The Hall–Kier alpha value is -1.04. The van der Waals surface area contributed by atoms with E-state index in [9.17, 15) is 4.79 Å². The third-order valence-electron chi connectivity index (χ3n) is 2.01. The molecular weight excluding hydrogens is 250 g/mol. The van der Waals surface area contributed by atoms with E-state index in [2.05, 4.69) is 26.3 Å². The highest BCUT2D eigenvalue weighted by atomic mass is 79.9. The molecule has 0 spiro atoms. The van der Waals surface area contributed by atoms with Crippen LogP contribution in [0.3, 0.4) is 0 Å². The van der Waals surface area contributed by atoms with Gasteiger partial charge >= 0.3 is 5.97 Å². The maximum atomic E-state index is 11.5. The number of aromatic nitrogens is 2. The molecule has 0 unspecified atom stereocenters. The zero-order valence-corrected chi connectivity index (χ0v) is 9.30. The van der Waals surface area contributed by atoms with Crippen molar-refractivity contribution in [3.05, 3.63) is 10.2 Å². The van der Waals surface area contributed by atoms with E-state index in [1.54, 1.807) is 11.6 Å². The van der Waals surface area contributed by atoms with Crippen molar-refractivity contribution < 1.29 is 9.53 Å². The Morgan fingerprint density at radius 3 is 3.29 bits per heavy atom. The molecule has 0 fully saturated rings. The summed E-state index contributed by atoms with van der Waals surface area (Å²) in [5.74, 6) is 0.408. The van der Waals surface area contributed by atoms with Crippen LogP contribution in [0.4, 0.5) is 5.82 Å². The molecule has 14 heavy (non-hydrogen) atoms. The van der Waals surface area contributed by atoms with Crippen LogP contribution in [0.1, 0.15) is 17.3 Å². The van der Waals surface area contributed by atoms with Crippen molar-refractivity contribution in [3.8, 4) is 0 Å². The molecule has 1 aromatic rings. The Kier molecular flexibility index (Phi) is 2.45. The highest BCUT2D eigenvalue weighted by Crippen LogP contribution is 2.27. The van der Waals surface area contributed by atoms with E-state index in [4.69, 9.17) is 4.74 Å². The standard InChI is InChI=1S/C8H10BrN3O2/c1-2-14-8(13)5-6(9)11-12-4-3-10-7(5)12/h10H,2-4H2,1H3. The Morgan fingerprint density at radius 2 is 2.57 bits per heavy atom. The third kappa shape index (κ3) is 1.39. The number of carbonyl (C=O) groups excluding carboxylic acids is 1. The number of carbonyl (C=O) groups is 1. The lowest BCUT2D eigenvalue weighted by molar-refractivity contribution is 0.0526. The first-order valence-electron chi connectivity index (χ1n) is 4.41. The van der Waals surface area contributed by atoms with Crippen LogP contribution >= 0.6 is 15.9 Å². The fraction of sp³-hybridized carbons (Fsp3) is 0.500. The minimum Gasteiger partial charge on any atom is -0.462 e. The fourth-order valence-electron chi connectivity index (χ4n) is 1.44. The van der Waals surface area contributed by atoms with Gasteiger partial charge in [0.15, 0.2) is 0 Å². The number of nitrogens with zero attached hydrogens (tertiary/aromatic N) is 2. The first kappa shape index (κ1) is 9.51. The average molecular weight is 260 g/mol. The number of hydrogen-bond donors (Lipinski definition) is 1. The number of ether oxygens (including phenoxy) is 1. The predicted molar refractivity (Wildman–Crippen MR) is 54.4 cm³/mol. The normalized spacial score (nSPS) is 13.6. The molecule has 1 aliphatic rings. The van der Waals surface area contributed by atoms with Crippen LogP contribution in [0.5, 0.6) is 0 Å². The highest BCUT2D eigenvalue weighted by molar-refractivity contribution is 9.10. The van der Waals surface area contributed by atoms with Gasteiger partial charge in [-0.25, -0.2) is 9.48 Å². The smallest absolute Gasteiger partial charge is 0.344 e. The monoisotopic (exact) mass is 259 g/mol. The van der Waals surface area contributed by atoms with Crippen LogP contribution in [0.25, 0.3) is 0 Å². The van der Waals surface area contributed by atoms with Crippen molar-refractivity contribution in [2.75, 3.05) is 18.5 Å². The number of esters is 1. The number of anilines is 1. The van der Waals surface area contributed by atoms with E-state index in [0.717, 1.165) is 18.9 Å². The van der Waals surface area contributed by atoms with E-state index in [1.165, 1.54) is 0 Å². The molecule has 0 saturated heterocycles. The van der Waals surface area contributed by atoms with Gasteiger partial charge in [0.2, 0.25) is 0 Å². The van der Waals surface area contributed by atoms with Crippen LogP contribution < -0.4 is 5.32 Å². The van der Waals surface area contributed by atoms with Gasteiger partial charge in [0.1, 0.15) is 16.0 Å². The molecular formula is C8H10BrN3O2. The number of fused-ring (bicyclic) bond motifs is 1. The number of hydrogen-bond acceptors (Lipinski definition) is 4. The Labute approximate surface area is 89.5 Å². The zero-order valence-electron chi connectivity index (χ0n) is 7.71. The average Bonchev–Trinajstić information content (AvgIpc) is 2.63. The second-order valence-corrected chi connectivity index (χ2v) is 3.64. The molecule has 1 N–H and O–H groups in total. The van der Waals surface area contributed by atoms with Crippen LogP contribution in [0.2, 0.25) is 0 Å². The number of nitrogens with one attached hydrogen (secondary N) is 1. The Morgan fingerprint density at radius 1 is 1.79 bits per heavy atom. The van der Waals surface area contributed by atoms with Crippen LogP contribution in [0, 0.1) is 0 Å². The number of halogens is 1. The summed E-state index contributed by atoms with van der Waals surface area (Å²) < 4.78 is 7.23. The second kappa shape index (κ2) is 3.61. The molecule has 6 heteroatoms. The Balaban J connectivity index is 2.37. The van der Waals surface area contributed by atoms with Gasteiger partial charge in [0.25, 0.3) is 0 Å². The summed E-state index contributed by atoms with van der Waals surface area (Å²) >= 11 is 3.24. The zero-order chi connectivity index (χ0) is 10.1. The first-order valence-corrected chi connectivity index (χ1v) is 5.20. The van der Waals surface area contributed by atoms with Crippen LogP contribution in [-0.2, 0) is 11.3 Å². The van der Waals surface area contributed by atoms with Gasteiger partial charge < -0.3 is 10.1 Å². The van der Waals surface area contributed by atoms with Crippen molar-refractivity contribution in [2.24, 2.45) is 0 Å². The van der Waals surface area contributed by atoms with E-state index in [1.807, 2.05) is 0 Å². The van der Waals surface area contributed by atoms with Crippen LogP contribution in [-0.4, -0.2) is 28.9 Å². The van der Waals surface area contributed by atoms with Crippen molar-refractivity contribution in [1.29, 1.82) is 0 Å². The molecule has 0 saturated carbocycles. The van der Waals surface area contributed by atoms with Crippen molar-refractivity contribution in [1.82, 2.24) is 9.78 Å². The van der Waals surface area contributed by atoms with Crippen molar-refractivity contribution >= 4 is 27.7 Å². The van der Waals surface area contributed by atoms with Gasteiger partial charge in [-0.05, 0) is 22.9 Å². The topological polar surface area (TPSA) is 56.1 Å². The largest absolute Gasteiger partial charge is 0.462 e. The second-order valence-electron chi connectivity index (χ2n) is 2.88. The predicted octanol–water partition coefficient (Wildman–Crippen LogP) is 1.25. The van der Waals surface area contributed by atoms with E-state index < -0.39 is 0 Å². The maximum Gasteiger partial charge on any atom is 0.344 e. The minimum absolute atomic E-state index is 0.338. The molecule has 0 bridgehead atoms. The molecule has 0 radical (unpaired) electrons. The van der Waals surface area contributed by atoms with Crippen molar-refractivity contribution in [2.45, 2.75) is 13.5 Å². The van der Waals surface area contributed by atoms with Gasteiger partial charge in [-0.2, -0.15) is 5.10 Å². The molecule has 0 amide bonds. The van der Waals surface area contributed by atoms with E-state index in [0.29, 0.717) is 16.8 Å². The van der Waals surface area contributed by atoms with Crippen molar-refractivity contribution in [3.63, 3.8) is 0 Å². The molecule has 1 aromatic heterocycles. The van der Waals surface area contributed by atoms with E-state index in [-0.39, 0.29) is 5.97 Å². The summed E-state index contributed by atoms with van der Waals surface area (Å²) in [5, 5.41) is 7.26. The summed E-state index contributed by atoms with van der Waals surface area (Å²) in [7, 11) is 0. The van der Waals surface area contributed by atoms with Gasteiger partial charge in [-0.15, -0.1) is 0 Å². The maximum absolute atomic E-state index is 11.5.